The maximum Gasteiger partial charge on any atom is 0.226 e. The first-order valence-corrected chi connectivity index (χ1v) is 14.1. The number of aliphatic hydroxyl groups is 2. The molecule has 4 rings (SSSR count). The third-order valence-electron chi connectivity index (χ3n) is 8.00. The molecule has 5 atom stereocenters. The Kier molecular flexibility index (Phi) is 10.4. The summed E-state index contributed by atoms with van der Waals surface area (Å²) in [5.41, 5.74) is 7.84. The minimum atomic E-state index is -1.42. The highest BCUT2D eigenvalue weighted by atomic mass is 35.5. The van der Waals surface area contributed by atoms with Gasteiger partial charge in [-0.25, -0.2) is 0 Å². The molecule has 1 amide bonds. The SMILES string of the molecule is COCCCC[C@@](O)(c1cccc(Cl)c1-c1cccc(COC)c1)C1CN(C(=O)[C@H]2C[C@@H](N)[C@@H](O)C2)CCO1. The van der Waals surface area contributed by atoms with E-state index in [9.17, 15) is 15.0 Å². The third-order valence-corrected chi connectivity index (χ3v) is 8.31. The summed E-state index contributed by atoms with van der Waals surface area (Å²) in [5.74, 6) is -0.371. The van der Waals surface area contributed by atoms with E-state index in [1.165, 1.54) is 0 Å². The van der Waals surface area contributed by atoms with E-state index in [-0.39, 0.29) is 18.4 Å². The van der Waals surface area contributed by atoms with Crippen LogP contribution >= 0.6 is 11.6 Å². The van der Waals surface area contributed by atoms with E-state index < -0.39 is 23.9 Å². The third kappa shape index (κ3) is 6.82. The Bertz CT molecular complexity index is 1110. The van der Waals surface area contributed by atoms with Gasteiger partial charge in [0.15, 0.2) is 0 Å². The number of morpholine rings is 1. The molecule has 214 valence electrons. The predicted octanol–water partition coefficient (Wildman–Crippen LogP) is 3.48. The largest absolute Gasteiger partial charge is 0.391 e. The van der Waals surface area contributed by atoms with Gasteiger partial charge in [0, 0.05) is 49.9 Å². The number of hydrogen-bond acceptors (Lipinski definition) is 7. The lowest BCUT2D eigenvalue weighted by atomic mass is 9.78. The molecule has 2 aliphatic rings. The highest BCUT2D eigenvalue weighted by molar-refractivity contribution is 6.33. The monoisotopic (exact) mass is 560 g/mol. The molecule has 1 saturated carbocycles. The smallest absolute Gasteiger partial charge is 0.226 e. The molecule has 4 N–H and O–H groups in total. The Hall–Kier alpha value is -2.04. The molecule has 39 heavy (non-hydrogen) atoms. The standard InChI is InChI=1S/C30H41ClN2O6/c1-37-13-4-3-11-30(36,27-18-33(12-14-39-27)29(35)22-16-25(32)26(34)17-22)23-9-6-10-24(31)28(23)21-8-5-7-20(15-21)19-38-2/h5-10,15,22,25-27,34,36H,3-4,11-14,16-19,32H2,1-2H3/t22-,25+,26-,27?,30+/m0/s1. The van der Waals surface area contributed by atoms with Crippen molar-refractivity contribution in [2.75, 3.05) is 40.5 Å². The summed E-state index contributed by atoms with van der Waals surface area (Å²) in [7, 11) is 3.31. The zero-order chi connectivity index (χ0) is 28.0. The second-order valence-electron chi connectivity index (χ2n) is 10.7. The second-order valence-corrected chi connectivity index (χ2v) is 11.1. The second kappa shape index (κ2) is 13.5. The summed E-state index contributed by atoms with van der Waals surface area (Å²) < 4.78 is 16.8. The van der Waals surface area contributed by atoms with Crippen LogP contribution in [-0.4, -0.2) is 79.8 Å². The van der Waals surface area contributed by atoms with Crippen molar-refractivity contribution < 1.29 is 29.2 Å². The summed E-state index contributed by atoms with van der Waals surface area (Å²) >= 11 is 6.81. The molecular formula is C30H41ClN2O6. The molecule has 0 radical (unpaired) electrons. The first kappa shape index (κ1) is 29.9. The number of aliphatic hydroxyl groups excluding tert-OH is 1. The fourth-order valence-corrected chi connectivity index (χ4v) is 6.20. The van der Waals surface area contributed by atoms with Crippen molar-refractivity contribution in [2.24, 2.45) is 11.7 Å². The highest BCUT2D eigenvalue weighted by Gasteiger charge is 2.45. The number of nitrogens with two attached hydrogens (primary N) is 1. The van der Waals surface area contributed by atoms with E-state index in [0.29, 0.717) is 62.6 Å². The number of carbonyl (C=O) groups excluding carboxylic acids is 1. The van der Waals surface area contributed by atoms with E-state index in [1.807, 2.05) is 42.5 Å². The van der Waals surface area contributed by atoms with Crippen molar-refractivity contribution in [3.63, 3.8) is 0 Å². The van der Waals surface area contributed by atoms with Gasteiger partial charge in [-0.05, 0) is 60.9 Å². The van der Waals surface area contributed by atoms with Gasteiger partial charge in [-0.2, -0.15) is 0 Å². The molecule has 1 unspecified atom stereocenters. The Labute approximate surface area is 236 Å². The number of halogens is 1. The number of benzene rings is 2. The van der Waals surface area contributed by atoms with Crippen LogP contribution in [0.2, 0.25) is 5.02 Å². The topological polar surface area (TPSA) is 114 Å². The molecule has 1 heterocycles. The number of unbranched alkanes of at least 4 members (excludes halogenated alkanes) is 1. The van der Waals surface area contributed by atoms with Crippen molar-refractivity contribution in [2.45, 2.75) is 62.6 Å². The Morgan fingerprint density at radius 1 is 1.18 bits per heavy atom. The fraction of sp³-hybridized carbons (Fsp3) is 0.567. The van der Waals surface area contributed by atoms with Gasteiger partial charge in [0.25, 0.3) is 0 Å². The van der Waals surface area contributed by atoms with Gasteiger partial charge in [0.1, 0.15) is 11.7 Å². The van der Waals surface area contributed by atoms with Gasteiger partial charge in [-0.3, -0.25) is 4.79 Å². The lowest BCUT2D eigenvalue weighted by molar-refractivity contribution is -0.167. The average Bonchev–Trinajstić information content (AvgIpc) is 3.28. The molecule has 1 aliphatic carbocycles. The summed E-state index contributed by atoms with van der Waals surface area (Å²) in [5, 5.41) is 23.2. The molecule has 0 spiro atoms. The van der Waals surface area contributed by atoms with E-state index in [4.69, 9.17) is 31.5 Å². The van der Waals surface area contributed by atoms with Gasteiger partial charge in [-0.15, -0.1) is 0 Å². The van der Waals surface area contributed by atoms with Crippen LogP contribution < -0.4 is 5.73 Å². The Morgan fingerprint density at radius 2 is 1.97 bits per heavy atom. The average molecular weight is 561 g/mol. The zero-order valence-corrected chi connectivity index (χ0v) is 23.6. The first-order valence-electron chi connectivity index (χ1n) is 13.7. The van der Waals surface area contributed by atoms with E-state index in [1.54, 1.807) is 19.1 Å². The summed E-state index contributed by atoms with van der Waals surface area (Å²) in [6.45, 7) is 2.00. The Balaban J connectivity index is 1.69. The molecule has 9 heteroatoms. The zero-order valence-electron chi connectivity index (χ0n) is 22.9. The van der Waals surface area contributed by atoms with E-state index in [2.05, 4.69) is 0 Å². The maximum absolute atomic E-state index is 13.4. The predicted molar refractivity (Wildman–Crippen MR) is 150 cm³/mol. The van der Waals surface area contributed by atoms with Crippen molar-refractivity contribution >= 4 is 17.5 Å². The van der Waals surface area contributed by atoms with Crippen LogP contribution in [0.5, 0.6) is 0 Å². The van der Waals surface area contributed by atoms with Crippen LogP contribution in [0, 0.1) is 5.92 Å². The molecule has 0 bridgehead atoms. The number of methoxy groups -OCH3 is 2. The summed E-state index contributed by atoms with van der Waals surface area (Å²) in [6.07, 6.45) is 1.34. The van der Waals surface area contributed by atoms with E-state index >= 15 is 0 Å². The van der Waals surface area contributed by atoms with Crippen LogP contribution in [0.15, 0.2) is 42.5 Å². The number of hydrogen-bond donors (Lipinski definition) is 3. The van der Waals surface area contributed by atoms with Crippen LogP contribution in [-0.2, 0) is 31.2 Å². The fourth-order valence-electron chi connectivity index (χ4n) is 5.92. The van der Waals surface area contributed by atoms with Crippen molar-refractivity contribution in [3.8, 4) is 11.1 Å². The van der Waals surface area contributed by atoms with Crippen LogP contribution in [0.4, 0.5) is 0 Å². The Morgan fingerprint density at radius 3 is 2.69 bits per heavy atom. The van der Waals surface area contributed by atoms with Crippen LogP contribution in [0.25, 0.3) is 11.1 Å². The van der Waals surface area contributed by atoms with Gasteiger partial charge < -0.3 is 35.1 Å². The van der Waals surface area contributed by atoms with Crippen molar-refractivity contribution in [3.05, 3.63) is 58.6 Å². The maximum atomic E-state index is 13.4. The number of ether oxygens (including phenoxy) is 3. The van der Waals surface area contributed by atoms with Gasteiger partial charge in [0.05, 0.1) is 25.9 Å². The highest BCUT2D eigenvalue weighted by Crippen LogP contribution is 2.43. The van der Waals surface area contributed by atoms with Crippen molar-refractivity contribution in [1.82, 2.24) is 4.90 Å². The van der Waals surface area contributed by atoms with Gasteiger partial charge >= 0.3 is 0 Å². The summed E-state index contributed by atoms with van der Waals surface area (Å²) in [6, 6.07) is 13.1. The molecule has 1 saturated heterocycles. The molecule has 8 nitrogen and oxygen atoms in total. The molecule has 1 aliphatic heterocycles. The van der Waals surface area contributed by atoms with Gasteiger partial charge in [-0.1, -0.05) is 41.9 Å². The van der Waals surface area contributed by atoms with Gasteiger partial charge in [0.2, 0.25) is 5.91 Å². The normalized spacial score (nSPS) is 25.0. The number of nitrogens with zero attached hydrogens (tertiary/aromatic N) is 1. The summed E-state index contributed by atoms with van der Waals surface area (Å²) in [4.78, 5) is 15.2. The number of carbonyl (C=O) groups is 1. The number of rotatable bonds is 11. The van der Waals surface area contributed by atoms with Crippen LogP contribution in [0.1, 0.15) is 43.2 Å². The van der Waals surface area contributed by atoms with Crippen molar-refractivity contribution in [1.29, 1.82) is 0 Å². The molecule has 2 aromatic rings. The molecule has 0 aromatic heterocycles. The lowest BCUT2D eigenvalue weighted by Gasteiger charge is -2.44. The minimum Gasteiger partial charge on any atom is -0.391 e. The van der Waals surface area contributed by atoms with Crippen LogP contribution in [0.3, 0.4) is 0 Å². The molecule has 2 fully saturated rings. The molecular weight excluding hydrogens is 520 g/mol. The minimum absolute atomic E-state index is 0.0457. The quantitative estimate of drug-likeness (QED) is 0.360. The number of amides is 1. The molecule has 2 aromatic carbocycles. The first-order chi connectivity index (χ1) is 18.8. The van der Waals surface area contributed by atoms with E-state index in [0.717, 1.165) is 23.1 Å². The lowest BCUT2D eigenvalue weighted by Crippen LogP contribution is -2.55.